The highest BCUT2D eigenvalue weighted by Gasteiger charge is 2.30. The van der Waals surface area contributed by atoms with Gasteiger partial charge in [0.05, 0.1) is 29.2 Å². The summed E-state index contributed by atoms with van der Waals surface area (Å²) in [7, 11) is 0. The summed E-state index contributed by atoms with van der Waals surface area (Å²) >= 11 is 6.38. The minimum atomic E-state index is -0.112. The molecule has 0 aromatic heterocycles. The average Bonchev–Trinajstić information content (AvgIpc) is 2.89. The third kappa shape index (κ3) is 5.05. The molecule has 1 atom stereocenters. The predicted molar refractivity (Wildman–Crippen MR) is 125 cm³/mol. The van der Waals surface area contributed by atoms with Crippen molar-refractivity contribution >= 4 is 34.6 Å². The molecule has 4 rings (SSSR count). The van der Waals surface area contributed by atoms with Crippen molar-refractivity contribution in [2.75, 3.05) is 36.1 Å². The molecule has 2 aromatic carbocycles. The molecule has 165 valence electrons. The van der Waals surface area contributed by atoms with Gasteiger partial charge in [0.2, 0.25) is 0 Å². The van der Waals surface area contributed by atoms with Crippen molar-refractivity contribution < 1.29 is 14.3 Å². The van der Waals surface area contributed by atoms with Crippen LogP contribution in [-0.2, 0) is 9.47 Å². The Morgan fingerprint density at radius 3 is 2.68 bits per heavy atom. The van der Waals surface area contributed by atoms with Gasteiger partial charge in [-0.05, 0) is 62.4 Å². The fourth-order valence-electron chi connectivity index (χ4n) is 4.23. The van der Waals surface area contributed by atoms with Crippen LogP contribution in [0.15, 0.2) is 42.5 Å². The number of carbonyl (C=O) groups excluding carboxylic acids is 1. The van der Waals surface area contributed by atoms with Gasteiger partial charge < -0.3 is 19.3 Å². The Balaban J connectivity index is 1.59. The molecule has 1 radical (unpaired) electrons. The molecule has 0 saturated carbocycles. The van der Waals surface area contributed by atoms with Gasteiger partial charge in [-0.25, -0.2) is 0 Å². The molecular formula is C25H30ClN2O3. The summed E-state index contributed by atoms with van der Waals surface area (Å²) in [6.45, 7) is 6.66. The van der Waals surface area contributed by atoms with Crippen LogP contribution in [0.25, 0.3) is 0 Å². The fourth-order valence-corrected chi connectivity index (χ4v) is 4.39. The summed E-state index contributed by atoms with van der Waals surface area (Å²) in [5, 5.41) is 0.655. The van der Waals surface area contributed by atoms with Crippen molar-refractivity contribution in [1.29, 1.82) is 0 Å². The van der Waals surface area contributed by atoms with Gasteiger partial charge in [-0.1, -0.05) is 37.1 Å². The van der Waals surface area contributed by atoms with Crippen LogP contribution in [0, 0.1) is 6.92 Å². The number of unbranched alkanes of at least 4 members (excludes halogenated alkanes) is 1. The molecule has 0 spiro atoms. The van der Waals surface area contributed by atoms with E-state index in [1.54, 1.807) is 0 Å². The summed E-state index contributed by atoms with van der Waals surface area (Å²) < 4.78 is 11.5. The van der Waals surface area contributed by atoms with Crippen molar-refractivity contribution in [2.24, 2.45) is 0 Å². The molecule has 1 saturated heterocycles. The third-order valence-corrected chi connectivity index (χ3v) is 6.02. The zero-order chi connectivity index (χ0) is 21.6. The van der Waals surface area contributed by atoms with E-state index in [1.807, 2.05) is 47.4 Å². The molecule has 6 heteroatoms. The first-order valence-corrected chi connectivity index (χ1v) is 11.6. The van der Waals surface area contributed by atoms with Crippen LogP contribution >= 0.6 is 11.6 Å². The number of carbonyl (C=O) groups is 1. The second-order valence-corrected chi connectivity index (χ2v) is 8.42. The summed E-state index contributed by atoms with van der Waals surface area (Å²) in [6.07, 6.45) is 5.55. The van der Waals surface area contributed by atoms with Crippen LogP contribution in [0.2, 0.25) is 5.02 Å². The number of hydrogen-bond donors (Lipinski definition) is 0. The molecular weight excluding hydrogens is 412 g/mol. The van der Waals surface area contributed by atoms with Gasteiger partial charge in [0.15, 0.2) is 6.29 Å². The number of hydrogen-bond acceptors (Lipinski definition) is 4. The smallest absolute Gasteiger partial charge is 0.260 e. The number of para-hydroxylation sites is 1. The first kappa shape index (κ1) is 22.1. The van der Waals surface area contributed by atoms with E-state index in [0.717, 1.165) is 68.7 Å². The molecule has 1 fully saturated rings. The predicted octanol–water partition coefficient (Wildman–Crippen LogP) is 5.99. The standard InChI is InChI=1S/C25H30ClN2O3/c1-2-3-14-27-21-10-5-4-9-20(21)25(29)28(22-13-12-19(26)18-23(22)27)15-8-17-31-24-11-6-7-16-30-24/h4-5,9-10,12-13,18,24H,1-3,6-8,11,14-17H2. The number of benzene rings is 2. The van der Waals surface area contributed by atoms with Gasteiger partial charge in [-0.2, -0.15) is 0 Å². The first-order valence-electron chi connectivity index (χ1n) is 11.2. The molecule has 5 nitrogen and oxygen atoms in total. The number of halogens is 1. The zero-order valence-corrected chi connectivity index (χ0v) is 18.7. The maximum Gasteiger partial charge on any atom is 0.260 e. The van der Waals surface area contributed by atoms with E-state index in [0.29, 0.717) is 23.7 Å². The number of nitrogens with zero attached hydrogens (tertiary/aromatic N) is 2. The topological polar surface area (TPSA) is 42.0 Å². The van der Waals surface area contributed by atoms with E-state index >= 15 is 0 Å². The van der Waals surface area contributed by atoms with Gasteiger partial charge in [0.1, 0.15) is 0 Å². The molecule has 0 aliphatic carbocycles. The van der Waals surface area contributed by atoms with Crippen LogP contribution < -0.4 is 9.80 Å². The fraction of sp³-hybridized carbons (Fsp3) is 0.440. The Kier molecular flexibility index (Phi) is 7.49. The summed E-state index contributed by atoms with van der Waals surface area (Å²) in [6, 6.07) is 13.6. The molecule has 2 aliphatic heterocycles. The molecule has 2 aliphatic rings. The molecule has 0 N–H and O–H groups in total. The van der Waals surface area contributed by atoms with Crippen molar-refractivity contribution in [2.45, 2.75) is 44.8 Å². The van der Waals surface area contributed by atoms with Gasteiger partial charge in [0.25, 0.3) is 5.91 Å². The average molecular weight is 442 g/mol. The highest BCUT2D eigenvalue weighted by molar-refractivity contribution is 6.31. The SMILES string of the molecule is [CH2]CCCN1c2ccccc2C(=O)N(CCCOC2CCCCO2)c2ccc(Cl)cc21. The number of ether oxygens (including phenoxy) is 2. The summed E-state index contributed by atoms with van der Waals surface area (Å²) in [4.78, 5) is 17.6. The van der Waals surface area contributed by atoms with Gasteiger partial charge in [-0.15, -0.1) is 0 Å². The van der Waals surface area contributed by atoms with Crippen LogP contribution in [0.1, 0.15) is 48.9 Å². The minimum Gasteiger partial charge on any atom is -0.353 e. The van der Waals surface area contributed by atoms with Crippen LogP contribution in [0.4, 0.5) is 17.1 Å². The summed E-state index contributed by atoms with van der Waals surface area (Å²) in [5.74, 6) is 0.00483. The quantitative estimate of drug-likeness (QED) is 0.472. The number of anilines is 3. The number of amides is 1. The van der Waals surface area contributed by atoms with Crippen molar-refractivity contribution in [3.05, 3.63) is 60.0 Å². The summed E-state index contributed by atoms with van der Waals surface area (Å²) in [5.41, 5.74) is 3.45. The highest BCUT2D eigenvalue weighted by atomic mass is 35.5. The Hall–Kier alpha value is -2.08. The number of fused-ring (bicyclic) bond motifs is 2. The third-order valence-electron chi connectivity index (χ3n) is 5.79. The highest BCUT2D eigenvalue weighted by Crippen LogP contribution is 2.42. The van der Waals surface area contributed by atoms with Crippen LogP contribution in [-0.4, -0.2) is 38.5 Å². The lowest BCUT2D eigenvalue weighted by molar-refractivity contribution is -0.162. The molecule has 0 bridgehead atoms. The Bertz CT molecular complexity index is 898. The number of rotatable bonds is 8. The van der Waals surface area contributed by atoms with Crippen molar-refractivity contribution in [3.8, 4) is 0 Å². The molecule has 2 heterocycles. The van der Waals surface area contributed by atoms with E-state index in [2.05, 4.69) is 11.8 Å². The zero-order valence-electron chi connectivity index (χ0n) is 17.9. The lowest BCUT2D eigenvalue weighted by Gasteiger charge is -2.28. The minimum absolute atomic E-state index is 0.00483. The van der Waals surface area contributed by atoms with Gasteiger partial charge >= 0.3 is 0 Å². The van der Waals surface area contributed by atoms with Gasteiger partial charge in [0, 0.05) is 24.7 Å². The second-order valence-electron chi connectivity index (χ2n) is 7.99. The van der Waals surface area contributed by atoms with E-state index in [-0.39, 0.29) is 12.2 Å². The molecule has 2 aromatic rings. The van der Waals surface area contributed by atoms with Crippen LogP contribution in [0.5, 0.6) is 0 Å². The monoisotopic (exact) mass is 441 g/mol. The van der Waals surface area contributed by atoms with Crippen molar-refractivity contribution in [3.63, 3.8) is 0 Å². The van der Waals surface area contributed by atoms with Crippen LogP contribution in [0.3, 0.4) is 0 Å². The van der Waals surface area contributed by atoms with E-state index < -0.39 is 0 Å². The Morgan fingerprint density at radius 1 is 1.03 bits per heavy atom. The molecule has 31 heavy (non-hydrogen) atoms. The lowest BCUT2D eigenvalue weighted by atomic mass is 10.1. The largest absolute Gasteiger partial charge is 0.353 e. The van der Waals surface area contributed by atoms with E-state index in [1.165, 1.54) is 0 Å². The second kappa shape index (κ2) is 10.5. The maximum absolute atomic E-state index is 13.6. The lowest BCUT2D eigenvalue weighted by Crippen LogP contribution is -2.32. The van der Waals surface area contributed by atoms with Crippen molar-refractivity contribution in [1.82, 2.24) is 0 Å². The maximum atomic E-state index is 13.6. The Labute approximate surface area is 189 Å². The Morgan fingerprint density at radius 2 is 1.87 bits per heavy atom. The van der Waals surface area contributed by atoms with Gasteiger partial charge in [-0.3, -0.25) is 4.79 Å². The van der Waals surface area contributed by atoms with E-state index in [4.69, 9.17) is 21.1 Å². The molecule has 1 amide bonds. The normalized spacial score (nSPS) is 18.5. The molecule has 1 unspecified atom stereocenters. The van der Waals surface area contributed by atoms with E-state index in [9.17, 15) is 4.79 Å². The first-order chi connectivity index (χ1) is 15.2.